The average Bonchev–Trinajstić information content (AvgIpc) is 4.01. The molecular formula is C63H56ClN11O2. The van der Waals surface area contributed by atoms with Crippen LogP contribution in [-0.4, -0.2) is 72.1 Å². The Morgan fingerprint density at radius 1 is 0.532 bits per heavy atom. The van der Waals surface area contributed by atoms with Crippen LogP contribution in [0, 0.1) is 13.1 Å². The summed E-state index contributed by atoms with van der Waals surface area (Å²) in [5, 5.41) is 3.29. The van der Waals surface area contributed by atoms with E-state index < -0.39 is 0 Å². The maximum atomic E-state index is 12.6. The van der Waals surface area contributed by atoms with E-state index in [-0.39, 0.29) is 28.6 Å². The van der Waals surface area contributed by atoms with Crippen LogP contribution < -0.4 is 16.7 Å². The van der Waals surface area contributed by atoms with Crippen LogP contribution in [-0.2, 0) is 13.1 Å². The monoisotopic (exact) mass is 1030 g/mol. The highest BCUT2D eigenvalue weighted by atomic mass is 35.5. The minimum Gasteiger partial charge on any atom is -0.382 e. The van der Waals surface area contributed by atoms with Gasteiger partial charge in [0.15, 0.2) is 0 Å². The largest absolute Gasteiger partial charge is 0.382 e. The number of fused-ring (bicyclic) bond motifs is 2. The van der Waals surface area contributed by atoms with Crippen molar-refractivity contribution in [1.29, 1.82) is 0 Å². The van der Waals surface area contributed by atoms with Crippen molar-refractivity contribution in [1.82, 2.24) is 38.9 Å². The van der Waals surface area contributed by atoms with Crippen molar-refractivity contribution < 1.29 is 0 Å². The first-order valence-electron chi connectivity index (χ1n) is 26.1. The molecule has 2 aliphatic heterocycles. The Balaban J connectivity index is 0.000000164. The number of nitrogens with zero attached hydrogens (tertiary/aromatic N) is 8. The first kappa shape index (κ1) is 50.3. The van der Waals surface area contributed by atoms with Crippen LogP contribution in [0.1, 0.15) is 48.9 Å². The van der Waals surface area contributed by atoms with E-state index in [9.17, 15) is 9.59 Å². The molecule has 0 amide bonds. The molecule has 0 aliphatic carbocycles. The number of imidazole rings is 2. The van der Waals surface area contributed by atoms with Crippen LogP contribution in [0.3, 0.4) is 0 Å². The molecule has 0 saturated carbocycles. The molecule has 0 bridgehead atoms. The van der Waals surface area contributed by atoms with Crippen LogP contribution in [0.25, 0.3) is 76.5 Å². The van der Waals surface area contributed by atoms with Gasteiger partial charge in [0.05, 0.1) is 46.6 Å². The van der Waals surface area contributed by atoms with Gasteiger partial charge in [0.1, 0.15) is 11.0 Å². The molecule has 2 aliphatic rings. The van der Waals surface area contributed by atoms with Gasteiger partial charge in [-0.25, -0.2) is 29.2 Å². The molecule has 382 valence electrons. The predicted molar refractivity (Wildman–Crippen MR) is 310 cm³/mol. The number of pyridine rings is 2. The Labute approximate surface area is 451 Å². The van der Waals surface area contributed by atoms with Crippen molar-refractivity contribution in [3.63, 3.8) is 0 Å². The molecule has 77 heavy (non-hydrogen) atoms. The number of aromatic amines is 2. The fourth-order valence-corrected chi connectivity index (χ4v) is 11.2. The van der Waals surface area contributed by atoms with Gasteiger partial charge in [0.2, 0.25) is 11.4 Å². The quantitative estimate of drug-likeness (QED) is 0.0869. The normalized spacial score (nSPS) is 14.4. The molecule has 6 heterocycles. The van der Waals surface area contributed by atoms with E-state index >= 15 is 0 Å². The zero-order valence-electron chi connectivity index (χ0n) is 42.7. The number of anilines is 1. The SMILES string of the molecule is [C-]#[N+]c1cc(-c2ccccc2)c(-c2ccc(CN3CCC(n4c(=O)[nH]c5ccccc54)CC3)cc2)nc1Cl.[C-]#[N+]c1cc(-c2ccccc2)c(-c2ccc(CN3CCC(n4c(=O)[nH]c5ccccc54)CC3)cc2)nc1NC. The lowest BCUT2D eigenvalue weighted by Crippen LogP contribution is -2.36. The lowest BCUT2D eigenvalue weighted by Gasteiger charge is -2.32. The van der Waals surface area contributed by atoms with Gasteiger partial charge >= 0.3 is 11.4 Å². The lowest BCUT2D eigenvalue weighted by molar-refractivity contribution is 0.180. The molecule has 2 saturated heterocycles. The number of H-pyrrole nitrogens is 2. The van der Waals surface area contributed by atoms with Crippen molar-refractivity contribution in [3.8, 4) is 44.8 Å². The minimum atomic E-state index is -0.0201. The molecule has 3 N–H and O–H groups in total. The highest BCUT2D eigenvalue weighted by Crippen LogP contribution is 2.39. The first-order valence-corrected chi connectivity index (χ1v) is 26.4. The maximum absolute atomic E-state index is 12.6. The van der Waals surface area contributed by atoms with Crippen LogP contribution in [0.4, 0.5) is 17.2 Å². The van der Waals surface area contributed by atoms with Gasteiger partial charge in [0, 0.05) is 69.5 Å². The van der Waals surface area contributed by atoms with Crippen molar-refractivity contribution in [2.24, 2.45) is 0 Å². The number of rotatable bonds is 11. The summed E-state index contributed by atoms with van der Waals surface area (Å²) in [6.07, 6.45) is 3.78. The molecule has 4 aromatic heterocycles. The van der Waals surface area contributed by atoms with Crippen molar-refractivity contribution in [2.45, 2.75) is 50.9 Å². The van der Waals surface area contributed by atoms with Crippen molar-refractivity contribution >= 4 is 50.9 Å². The van der Waals surface area contributed by atoms with E-state index in [1.807, 2.05) is 118 Å². The summed E-state index contributed by atoms with van der Waals surface area (Å²) in [6.45, 7) is 20.5. The summed E-state index contributed by atoms with van der Waals surface area (Å²) in [5.41, 5.74) is 14.5. The maximum Gasteiger partial charge on any atom is 0.326 e. The molecular weight excluding hydrogens is 978 g/mol. The number of piperidine rings is 2. The molecule has 0 unspecified atom stereocenters. The summed E-state index contributed by atoms with van der Waals surface area (Å²) in [5.74, 6) is 0.584. The van der Waals surface area contributed by atoms with Gasteiger partial charge in [-0.05, 0) is 95.5 Å². The van der Waals surface area contributed by atoms with Gasteiger partial charge in [-0.3, -0.25) is 18.9 Å². The van der Waals surface area contributed by atoms with E-state index in [4.69, 9.17) is 29.7 Å². The third-order valence-electron chi connectivity index (χ3n) is 15.0. The van der Waals surface area contributed by atoms with Crippen molar-refractivity contribution in [3.05, 3.63) is 230 Å². The third-order valence-corrected chi connectivity index (χ3v) is 15.2. The van der Waals surface area contributed by atoms with Crippen LogP contribution in [0.2, 0.25) is 5.15 Å². The van der Waals surface area contributed by atoms with Crippen LogP contribution >= 0.6 is 11.6 Å². The number of para-hydroxylation sites is 4. The second-order valence-electron chi connectivity index (χ2n) is 19.7. The topological polar surface area (TPSA) is 129 Å². The van der Waals surface area contributed by atoms with E-state index in [1.165, 1.54) is 11.1 Å². The summed E-state index contributed by atoms with van der Waals surface area (Å²) >= 11 is 6.33. The second kappa shape index (κ2) is 22.6. The van der Waals surface area contributed by atoms with Crippen molar-refractivity contribution in [2.75, 3.05) is 38.5 Å². The number of hydrogen-bond acceptors (Lipinski definition) is 7. The van der Waals surface area contributed by atoms with E-state index in [0.717, 1.165) is 132 Å². The zero-order valence-corrected chi connectivity index (χ0v) is 43.4. The fourth-order valence-electron chi connectivity index (χ4n) is 11.0. The highest BCUT2D eigenvalue weighted by Gasteiger charge is 2.26. The number of hydrogen-bond donors (Lipinski definition) is 3. The Kier molecular flexibility index (Phi) is 14.7. The lowest BCUT2D eigenvalue weighted by atomic mass is 9.97. The highest BCUT2D eigenvalue weighted by molar-refractivity contribution is 6.32. The van der Waals surface area contributed by atoms with Gasteiger partial charge in [-0.1, -0.05) is 145 Å². The molecule has 10 aromatic rings. The number of nitrogens with one attached hydrogen (secondary N) is 3. The predicted octanol–water partition coefficient (Wildman–Crippen LogP) is 13.6. The summed E-state index contributed by atoms with van der Waals surface area (Å²) in [6, 6.07) is 57.1. The summed E-state index contributed by atoms with van der Waals surface area (Å²) in [7, 11) is 1.80. The summed E-state index contributed by atoms with van der Waals surface area (Å²) < 4.78 is 3.88. The third kappa shape index (κ3) is 10.7. The van der Waals surface area contributed by atoms with E-state index in [1.54, 1.807) is 7.05 Å². The molecule has 14 heteroatoms. The zero-order chi connectivity index (χ0) is 52.8. The summed E-state index contributed by atoms with van der Waals surface area (Å²) in [4.78, 5) is 52.8. The molecule has 0 spiro atoms. The van der Waals surface area contributed by atoms with E-state index in [0.29, 0.717) is 17.2 Å². The number of likely N-dealkylation sites (tertiary alicyclic amines) is 2. The molecule has 13 nitrogen and oxygen atoms in total. The average molecular weight is 1030 g/mol. The smallest absolute Gasteiger partial charge is 0.326 e. The fraction of sp³-hybridized carbons (Fsp3) is 0.206. The Hall–Kier alpha value is -8.85. The van der Waals surface area contributed by atoms with Crippen LogP contribution in [0.15, 0.2) is 179 Å². The minimum absolute atomic E-state index is 0.0143. The van der Waals surface area contributed by atoms with Gasteiger partial charge < -0.3 is 15.3 Å². The molecule has 0 radical (unpaired) electrons. The molecule has 0 atom stereocenters. The van der Waals surface area contributed by atoms with Gasteiger partial charge in [0.25, 0.3) is 0 Å². The first-order chi connectivity index (χ1) is 37.7. The number of aromatic nitrogens is 6. The Bertz CT molecular complexity index is 3910. The van der Waals surface area contributed by atoms with Crippen LogP contribution in [0.5, 0.6) is 0 Å². The Morgan fingerprint density at radius 2 is 0.935 bits per heavy atom. The molecule has 6 aromatic carbocycles. The van der Waals surface area contributed by atoms with Gasteiger partial charge in [-0.15, -0.1) is 0 Å². The number of halogens is 1. The number of benzene rings is 6. The van der Waals surface area contributed by atoms with Gasteiger partial charge in [-0.2, -0.15) is 0 Å². The Morgan fingerprint density at radius 3 is 1.36 bits per heavy atom. The molecule has 12 rings (SSSR count). The standard InChI is InChI=1S/C32H30N6O.C31H26ClN5O/c1-33-28-20-26(23-8-4-3-5-9-23)30(36-31(28)34-2)24-14-12-22(13-15-24)21-37-18-16-25(17-19-37)38-29-11-7-6-10-27(29)35-32(38)39;1-33-27-19-25(22-7-3-2-4-8-22)29(35-30(27)32)23-13-11-21(12-14-23)20-36-17-15-24(16-18-36)37-28-10-6-5-9-26(28)34-31(37)38/h3-15,20,25H,16-19,21H2,2H3,(H,34,36)(H,35,39);2-14,19,24H,15-18,20H2,(H,34,38). The second-order valence-corrected chi connectivity index (χ2v) is 20.1. The molecule has 2 fully saturated rings. The van der Waals surface area contributed by atoms with E-state index in [2.05, 4.69) is 100 Å².